The molecular weight excluding hydrogens is 246 g/mol. The molecule has 0 aromatic carbocycles. The molecule has 6 nitrogen and oxygen atoms in total. The molecule has 2 saturated heterocycles. The van der Waals surface area contributed by atoms with Gasteiger partial charge in [-0.2, -0.15) is 0 Å². The number of carbonyl (C=O) groups is 2. The van der Waals surface area contributed by atoms with Crippen molar-refractivity contribution < 1.29 is 14.3 Å². The molecule has 108 valence electrons. The van der Waals surface area contributed by atoms with Crippen molar-refractivity contribution in [1.82, 2.24) is 10.2 Å². The number of methoxy groups -OCH3 is 1. The zero-order chi connectivity index (χ0) is 13.9. The summed E-state index contributed by atoms with van der Waals surface area (Å²) in [6.07, 6.45) is 2.26. The van der Waals surface area contributed by atoms with Gasteiger partial charge in [0.2, 0.25) is 11.8 Å². The second kappa shape index (κ2) is 5.88. The van der Waals surface area contributed by atoms with Crippen LogP contribution in [0.4, 0.5) is 0 Å². The highest BCUT2D eigenvalue weighted by Gasteiger charge is 2.44. The van der Waals surface area contributed by atoms with E-state index in [0.717, 1.165) is 25.9 Å². The normalized spacial score (nSPS) is 26.4. The second-order valence-electron chi connectivity index (χ2n) is 5.60. The fraction of sp³-hybridized carbons (Fsp3) is 0.846. The minimum Gasteiger partial charge on any atom is -0.384 e. The van der Waals surface area contributed by atoms with Crippen LogP contribution in [0, 0.1) is 11.3 Å². The lowest BCUT2D eigenvalue weighted by Gasteiger charge is -2.38. The Morgan fingerprint density at radius 2 is 2.11 bits per heavy atom. The van der Waals surface area contributed by atoms with Crippen LogP contribution >= 0.6 is 0 Å². The van der Waals surface area contributed by atoms with Crippen molar-refractivity contribution in [3.63, 3.8) is 0 Å². The molecule has 0 aromatic rings. The molecule has 0 saturated carbocycles. The van der Waals surface area contributed by atoms with E-state index >= 15 is 0 Å². The van der Waals surface area contributed by atoms with Crippen LogP contribution in [0.5, 0.6) is 0 Å². The first kappa shape index (κ1) is 14.3. The summed E-state index contributed by atoms with van der Waals surface area (Å²) < 4.78 is 5.27. The Morgan fingerprint density at radius 3 is 2.63 bits per heavy atom. The molecule has 2 heterocycles. The largest absolute Gasteiger partial charge is 0.384 e. The van der Waals surface area contributed by atoms with E-state index in [9.17, 15) is 9.59 Å². The van der Waals surface area contributed by atoms with Gasteiger partial charge >= 0.3 is 0 Å². The maximum absolute atomic E-state index is 12.7. The van der Waals surface area contributed by atoms with E-state index in [4.69, 9.17) is 10.5 Å². The van der Waals surface area contributed by atoms with Crippen molar-refractivity contribution in [1.29, 1.82) is 0 Å². The highest BCUT2D eigenvalue weighted by molar-refractivity contribution is 5.85. The van der Waals surface area contributed by atoms with Crippen molar-refractivity contribution in [2.75, 3.05) is 39.9 Å². The van der Waals surface area contributed by atoms with E-state index < -0.39 is 5.41 Å². The van der Waals surface area contributed by atoms with E-state index in [2.05, 4.69) is 5.32 Å². The van der Waals surface area contributed by atoms with Crippen LogP contribution in [0.15, 0.2) is 0 Å². The van der Waals surface area contributed by atoms with Gasteiger partial charge in [0.25, 0.3) is 0 Å². The fourth-order valence-electron chi connectivity index (χ4n) is 3.11. The Kier molecular flexibility index (Phi) is 4.42. The lowest BCUT2D eigenvalue weighted by molar-refractivity contribution is -0.146. The maximum Gasteiger partial charge on any atom is 0.231 e. The van der Waals surface area contributed by atoms with E-state index in [-0.39, 0.29) is 17.7 Å². The topological polar surface area (TPSA) is 84.7 Å². The molecule has 2 rings (SSSR count). The van der Waals surface area contributed by atoms with E-state index in [0.29, 0.717) is 26.1 Å². The van der Waals surface area contributed by atoms with Crippen molar-refractivity contribution in [2.45, 2.75) is 19.3 Å². The number of amides is 2. The van der Waals surface area contributed by atoms with Crippen LogP contribution in [0.25, 0.3) is 0 Å². The number of likely N-dealkylation sites (tertiary alicyclic amines) is 1. The molecule has 0 spiro atoms. The Bertz CT molecular complexity index is 348. The van der Waals surface area contributed by atoms with Gasteiger partial charge < -0.3 is 20.7 Å². The molecule has 3 N–H and O–H groups in total. The standard InChI is InChI=1S/C13H23N3O3/c1-19-9-13(3-5-15-6-4-13)12(18)16-7-2-10(8-16)11(14)17/h10,15H,2-9H2,1H3,(H2,14,17). The monoisotopic (exact) mass is 269 g/mol. The van der Waals surface area contributed by atoms with Gasteiger partial charge in [0.1, 0.15) is 0 Å². The third-order valence-electron chi connectivity index (χ3n) is 4.31. The summed E-state index contributed by atoms with van der Waals surface area (Å²) >= 11 is 0. The number of hydrogen-bond acceptors (Lipinski definition) is 4. The second-order valence-corrected chi connectivity index (χ2v) is 5.60. The summed E-state index contributed by atoms with van der Waals surface area (Å²) in [5, 5.41) is 3.27. The molecule has 0 radical (unpaired) electrons. The van der Waals surface area contributed by atoms with E-state index in [1.54, 1.807) is 12.0 Å². The number of nitrogens with zero attached hydrogens (tertiary/aromatic N) is 1. The maximum atomic E-state index is 12.7. The molecule has 0 aliphatic carbocycles. The number of piperidine rings is 1. The number of nitrogens with two attached hydrogens (primary N) is 1. The van der Waals surface area contributed by atoms with Crippen molar-refractivity contribution >= 4 is 11.8 Å². The fourth-order valence-corrected chi connectivity index (χ4v) is 3.11. The highest BCUT2D eigenvalue weighted by Crippen LogP contribution is 2.33. The Morgan fingerprint density at radius 1 is 1.42 bits per heavy atom. The van der Waals surface area contributed by atoms with E-state index in [1.807, 2.05) is 0 Å². The molecule has 2 aliphatic rings. The molecular formula is C13H23N3O3. The number of ether oxygens (including phenoxy) is 1. The first-order chi connectivity index (χ1) is 9.09. The Balaban J connectivity index is 2.05. The van der Waals surface area contributed by atoms with Gasteiger partial charge in [-0.1, -0.05) is 0 Å². The summed E-state index contributed by atoms with van der Waals surface area (Å²) in [6, 6.07) is 0. The number of nitrogens with one attached hydrogen (secondary N) is 1. The number of rotatable bonds is 4. The summed E-state index contributed by atoms with van der Waals surface area (Å²) in [5.74, 6) is -0.369. The molecule has 2 aliphatic heterocycles. The third-order valence-corrected chi connectivity index (χ3v) is 4.31. The SMILES string of the molecule is COCC1(C(=O)N2CCC(C(N)=O)C2)CCNCC1. The van der Waals surface area contributed by atoms with Crippen LogP contribution in [0.3, 0.4) is 0 Å². The average Bonchev–Trinajstić information content (AvgIpc) is 2.89. The summed E-state index contributed by atoms with van der Waals surface area (Å²) in [6.45, 7) is 3.22. The number of hydrogen-bond donors (Lipinski definition) is 2. The van der Waals surface area contributed by atoms with Crippen LogP contribution in [-0.4, -0.2) is 56.6 Å². The highest BCUT2D eigenvalue weighted by atomic mass is 16.5. The van der Waals surface area contributed by atoms with Gasteiger partial charge in [0, 0.05) is 20.2 Å². The minimum atomic E-state index is -0.424. The minimum absolute atomic E-state index is 0.125. The molecule has 0 aromatic heterocycles. The summed E-state index contributed by atoms with van der Waals surface area (Å²) in [5.41, 5.74) is 4.89. The lowest BCUT2D eigenvalue weighted by Crippen LogP contribution is -2.51. The molecule has 1 atom stereocenters. The Labute approximate surface area is 113 Å². The smallest absolute Gasteiger partial charge is 0.231 e. The van der Waals surface area contributed by atoms with Gasteiger partial charge in [0.05, 0.1) is 17.9 Å². The quantitative estimate of drug-likeness (QED) is 0.709. The first-order valence-corrected chi connectivity index (χ1v) is 6.87. The van der Waals surface area contributed by atoms with Gasteiger partial charge in [-0.25, -0.2) is 0 Å². The predicted octanol–water partition coefficient (Wildman–Crippen LogP) is -0.664. The van der Waals surface area contributed by atoms with Crippen molar-refractivity contribution in [2.24, 2.45) is 17.1 Å². The first-order valence-electron chi connectivity index (χ1n) is 6.87. The van der Waals surface area contributed by atoms with Crippen LogP contribution in [0.2, 0.25) is 0 Å². The lowest BCUT2D eigenvalue weighted by atomic mass is 9.78. The summed E-state index contributed by atoms with van der Waals surface area (Å²) in [4.78, 5) is 25.7. The molecule has 2 amide bonds. The molecule has 6 heteroatoms. The van der Waals surface area contributed by atoms with Crippen molar-refractivity contribution in [3.8, 4) is 0 Å². The van der Waals surface area contributed by atoms with Gasteiger partial charge in [0.15, 0.2) is 0 Å². The van der Waals surface area contributed by atoms with Gasteiger partial charge in [-0.05, 0) is 32.4 Å². The number of carbonyl (C=O) groups excluding carboxylic acids is 2. The predicted molar refractivity (Wildman–Crippen MR) is 70.3 cm³/mol. The van der Waals surface area contributed by atoms with Gasteiger partial charge in [-0.3, -0.25) is 9.59 Å². The third kappa shape index (κ3) is 2.90. The van der Waals surface area contributed by atoms with Gasteiger partial charge in [-0.15, -0.1) is 0 Å². The average molecular weight is 269 g/mol. The zero-order valence-corrected chi connectivity index (χ0v) is 11.5. The zero-order valence-electron chi connectivity index (χ0n) is 11.5. The molecule has 2 fully saturated rings. The Hall–Kier alpha value is -1.14. The molecule has 19 heavy (non-hydrogen) atoms. The van der Waals surface area contributed by atoms with Crippen molar-refractivity contribution in [3.05, 3.63) is 0 Å². The molecule has 1 unspecified atom stereocenters. The molecule has 0 bridgehead atoms. The number of primary amides is 1. The summed E-state index contributed by atoms with van der Waals surface area (Å²) in [7, 11) is 1.63. The van der Waals surface area contributed by atoms with Crippen LogP contribution in [-0.2, 0) is 14.3 Å². The van der Waals surface area contributed by atoms with E-state index in [1.165, 1.54) is 0 Å². The van der Waals surface area contributed by atoms with Crippen LogP contribution in [0.1, 0.15) is 19.3 Å². The van der Waals surface area contributed by atoms with Crippen LogP contribution < -0.4 is 11.1 Å².